The number of nitrogens with one attached hydrogen (secondary N) is 1. The lowest BCUT2D eigenvalue weighted by molar-refractivity contribution is -0.117. The molecule has 31 heavy (non-hydrogen) atoms. The van der Waals surface area contributed by atoms with E-state index in [9.17, 15) is 19.8 Å². The van der Waals surface area contributed by atoms with Gasteiger partial charge in [0, 0.05) is 6.42 Å². The Balaban J connectivity index is 2.00. The van der Waals surface area contributed by atoms with Crippen LogP contribution < -0.4 is 5.32 Å². The lowest BCUT2D eigenvalue weighted by Crippen LogP contribution is -2.31. The fourth-order valence-electron chi connectivity index (χ4n) is 3.65. The highest BCUT2D eigenvalue weighted by molar-refractivity contribution is 6.27. The molecular weight excluding hydrogens is 390 g/mol. The monoisotopic (exact) mass is 423 g/mol. The Morgan fingerprint density at radius 2 is 1.77 bits per heavy atom. The van der Waals surface area contributed by atoms with Crippen molar-refractivity contribution in [1.29, 1.82) is 0 Å². The van der Waals surface area contributed by atoms with Crippen LogP contribution in [0.5, 0.6) is 5.75 Å². The van der Waals surface area contributed by atoms with Gasteiger partial charge in [-0.3, -0.25) is 9.59 Å². The van der Waals surface area contributed by atoms with Crippen molar-refractivity contribution in [2.75, 3.05) is 0 Å². The summed E-state index contributed by atoms with van der Waals surface area (Å²) in [5, 5.41) is 22.3. The number of benzene rings is 1. The molecule has 0 aliphatic carbocycles. The molecule has 166 valence electrons. The average molecular weight is 424 g/mol. The van der Waals surface area contributed by atoms with Gasteiger partial charge >= 0.3 is 0 Å². The number of phenolic OH excluding ortho intramolecular Hbond substituents is 1. The number of rotatable bonds is 9. The molecule has 1 aliphatic rings. The summed E-state index contributed by atoms with van der Waals surface area (Å²) in [5.74, 6) is -0.0259. The minimum absolute atomic E-state index is 0.136. The molecule has 1 unspecified atom stereocenters. The molecule has 1 aliphatic heterocycles. The number of hydrogen-bond acceptors (Lipinski definition) is 4. The summed E-state index contributed by atoms with van der Waals surface area (Å²) in [6, 6.07) is 5.72. The summed E-state index contributed by atoms with van der Waals surface area (Å²) in [4.78, 5) is 24.8. The van der Waals surface area contributed by atoms with Crippen molar-refractivity contribution >= 4 is 11.7 Å². The van der Waals surface area contributed by atoms with Gasteiger partial charge < -0.3 is 15.5 Å². The summed E-state index contributed by atoms with van der Waals surface area (Å²) in [6.45, 7) is 8.68. The second kappa shape index (κ2) is 11.3. The summed E-state index contributed by atoms with van der Waals surface area (Å²) in [6.07, 6.45) is 11.5. The molecule has 0 spiro atoms. The van der Waals surface area contributed by atoms with E-state index in [1.165, 1.54) is 24.6 Å². The number of hydrogen-bond donors (Lipinski definition) is 3. The van der Waals surface area contributed by atoms with Crippen LogP contribution in [-0.2, 0) is 16.0 Å². The first-order chi connectivity index (χ1) is 14.7. The van der Waals surface area contributed by atoms with Crippen molar-refractivity contribution < 1.29 is 19.8 Å². The molecule has 2 rings (SSSR count). The number of carbonyl (C=O) groups excluding carboxylic acids is 2. The molecule has 1 aromatic carbocycles. The Hall–Kier alpha value is -3.08. The van der Waals surface area contributed by atoms with Crippen molar-refractivity contribution in [1.82, 2.24) is 5.32 Å². The van der Waals surface area contributed by atoms with Crippen LogP contribution in [0.3, 0.4) is 0 Å². The standard InChI is InChI=1S/C26H33NO4/c1-5-17(2)14-19(4)15-18(3)8-6-7-9-23(29)24-25(30)22(27-26(24)31)16-20-10-12-21(28)13-11-20/h6-13,15,17,19,22,28-29H,5,14,16H2,1-4H3,(H,27,31)/b8-6+,9-7+,18-15+,24-23?/t17-,19-,22?/m1/s1. The van der Waals surface area contributed by atoms with Gasteiger partial charge in [0.2, 0.25) is 0 Å². The molecular formula is C26H33NO4. The average Bonchev–Trinajstić information content (AvgIpc) is 2.99. The first kappa shape index (κ1) is 24.2. The molecule has 5 nitrogen and oxygen atoms in total. The third-order valence-electron chi connectivity index (χ3n) is 5.47. The smallest absolute Gasteiger partial charge is 0.259 e. The van der Waals surface area contributed by atoms with Crippen LogP contribution in [0, 0.1) is 11.8 Å². The minimum atomic E-state index is -0.727. The Morgan fingerprint density at radius 1 is 1.13 bits per heavy atom. The van der Waals surface area contributed by atoms with Gasteiger partial charge in [0.25, 0.3) is 5.91 Å². The molecule has 5 heteroatoms. The maximum atomic E-state index is 12.6. The lowest BCUT2D eigenvalue weighted by atomic mass is 9.94. The molecule has 0 radical (unpaired) electrons. The highest BCUT2D eigenvalue weighted by atomic mass is 16.3. The summed E-state index contributed by atoms with van der Waals surface area (Å²) < 4.78 is 0. The van der Waals surface area contributed by atoms with E-state index in [-0.39, 0.29) is 17.1 Å². The number of carbonyl (C=O) groups is 2. The molecule has 1 saturated heterocycles. The molecule has 1 amide bonds. The topological polar surface area (TPSA) is 86.6 Å². The molecule has 0 bridgehead atoms. The van der Waals surface area contributed by atoms with Gasteiger partial charge in [0.15, 0.2) is 5.78 Å². The summed E-state index contributed by atoms with van der Waals surface area (Å²) in [7, 11) is 0. The number of phenols is 1. The number of Topliss-reactive ketones (excluding diaryl/α,β-unsaturated/α-hetero) is 1. The van der Waals surface area contributed by atoms with Gasteiger partial charge in [0.05, 0.1) is 6.04 Å². The van der Waals surface area contributed by atoms with Gasteiger partial charge in [-0.1, -0.05) is 69.2 Å². The van der Waals surface area contributed by atoms with Crippen LogP contribution in [-0.4, -0.2) is 27.9 Å². The maximum Gasteiger partial charge on any atom is 0.259 e. The minimum Gasteiger partial charge on any atom is -0.508 e. The Bertz CT molecular complexity index is 906. The second-order valence-corrected chi connectivity index (χ2v) is 8.38. The Kier molecular flexibility index (Phi) is 8.86. The summed E-state index contributed by atoms with van der Waals surface area (Å²) in [5.41, 5.74) is 1.71. The van der Waals surface area contributed by atoms with E-state index in [1.54, 1.807) is 24.3 Å². The van der Waals surface area contributed by atoms with Gasteiger partial charge in [-0.05, 0) is 49.0 Å². The molecule has 0 aromatic heterocycles. The van der Waals surface area contributed by atoms with Crippen LogP contribution in [0.1, 0.15) is 46.1 Å². The lowest BCUT2D eigenvalue weighted by Gasteiger charge is -2.12. The van der Waals surface area contributed by atoms with E-state index in [4.69, 9.17) is 0 Å². The molecule has 0 saturated carbocycles. The van der Waals surface area contributed by atoms with E-state index >= 15 is 0 Å². The second-order valence-electron chi connectivity index (χ2n) is 8.38. The predicted molar refractivity (Wildman–Crippen MR) is 124 cm³/mol. The first-order valence-corrected chi connectivity index (χ1v) is 10.8. The van der Waals surface area contributed by atoms with E-state index in [0.717, 1.165) is 17.6 Å². The highest BCUT2D eigenvalue weighted by Crippen LogP contribution is 2.20. The third kappa shape index (κ3) is 7.28. The zero-order valence-electron chi connectivity index (χ0n) is 18.8. The Morgan fingerprint density at radius 3 is 2.42 bits per heavy atom. The quantitative estimate of drug-likeness (QED) is 0.227. The van der Waals surface area contributed by atoms with Gasteiger partial charge in [0.1, 0.15) is 17.1 Å². The van der Waals surface area contributed by atoms with Crippen LogP contribution in [0.25, 0.3) is 0 Å². The van der Waals surface area contributed by atoms with Crippen LogP contribution in [0.2, 0.25) is 0 Å². The van der Waals surface area contributed by atoms with E-state index in [1.807, 2.05) is 13.0 Å². The predicted octanol–water partition coefficient (Wildman–Crippen LogP) is 4.95. The van der Waals surface area contributed by atoms with Crippen molar-refractivity contribution in [3.63, 3.8) is 0 Å². The van der Waals surface area contributed by atoms with E-state index in [2.05, 4.69) is 32.2 Å². The van der Waals surface area contributed by atoms with Crippen LogP contribution in [0.15, 0.2) is 71.6 Å². The zero-order valence-corrected chi connectivity index (χ0v) is 18.8. The molecule has 1 aromatic rings. The maximum absolute atomic E-state index is 12.6. The van der Waals surface area contributed by atoms with Crippen molar-refractivity contribution in [3.05, 3.63) is 77.1 Å². The number of amides is 1. The van der Waals surface area contributed by atoms with E-state index < -0.39 is 17.7 Å². The molecule has 1 fully saturated rings. The largest absolute Gasteiger partial charge is 0.508 e. The fraction of sp³-hybridized carbons (Fsp3) is 0.385. The van der Waals surface area contributed by atoms with Crippen molar-refractivity contribution in [3.8, 4) is 5.75 Å². The molecule has 1 heterocycles. The van der Waals surface area contributed by atoms with E-state index in [0.29, 0.717) is 18.3 Å². The van der Waals surface area contributed by atoms with Crippen LogP contribution in [0.4, 0.5) is 0 Å². The number of aliphatic hydroxyl groups excluding tert-OH is 1. The number of aromatic hydroxyl groups is 1. The van der Waals surface area contributed by atoms with Gasteiger partial charge in [-0.15, -0.1) is 0 Å². The third-order valence-corrected chi connectivity index (χ3v) is 5.47. The van der Waals surface area contributed by atoms with Gasteiger partial charge in [-0.2, -0.15) is 0 Å². The highest BCUT2D eigenvalue weighted by Gasteiger charge is 2.37. The normalized spacial score (nSPS) is 21.0. The Labute approximate surface area is 184 Å². The molecule has 3 N–H and O–H groups in total. The van der Waals surface area contributed by atoms with Gasteiger partial charge in [-0.25, -0.2) is 0 Å². The zero-order chi connectivity index (χ0) is 23.0. The number of allylic oxidation sites excluding steroid dienone is 6. The van der Waals surface area contributed by atoms with Crippen molar-refractivity contribution in [2.24, 2.45) is 11.8 Å². The first-order valence-electron chi connectivity index (χ1n) is 10.8. The molecule has 3 atom stereocenters. The van der Waals surface area contributed by atoms with Crippen molar-refractivity contribution in [2.45, 2.75) is 53.0 Å². The number of ketones is 1. The summed E-state index contributed by atoms with van der Waals surface area (Å²) >= 11 is 0. The number of aliphatic hydroxyl groups is 1. The SMILES string of the molecule is CC[C@@H](C)C[C@@H](C)/C=C(C)/C=C/C=C/C(O)=C1C(=O)NC(Cc2ccc(O)cc2)C1=O. The van der Waals surface area contributed by atoms with Crippen LogP contribution >= 0.6 is 0 Å². The fourth-order valence-corrected chi connectivity index (χ4v) is 3.65.